The van der Waals surface area contributed by atoms with E-state index in [9.17, 15) is 4.79 Å². The quantitative estimate of drug-likeness (QED) is 0.537. The van der Waals surface area contributed by atoms with E-state index in [0.29, 0.717) is 13.2 Å². The molecule has 0 bridgehead atoms. The number of ether oxygens (including phenoxy) is 1. The summed E-state index contributed by atoms with van der Waals surface area (Å²) < 4.78 is 5.60. The molecule has 0 aromatic carbocycles. The van der Waals surface area contributed by atoms with Crippen LogP contribution in [0.25, 0.3) is 0 Å². The number of nitrogens with two attached hydrogens (primary N) is 1. The Balaban J connectivity index is 3.74. The number of hydrogen-bond donors (Lipinski definition) is 2. The Morgan fingerprint density at radius 3 is 2.32 bits per heavy atom. The first-order valence-electron chi connectivity index (χ1n) is 7.57. The van der Waals surface area contributed by atoms with Crippen LogP contribution in [0.3, 0.4) is 0 Å². The lowest BCUT2D eigenvalue weighted by atomic mass is 10.0. The van der Waals surface area contributed by atoms with Gasteiger partial charge in [0.15, 0.2) is 0 Å². The highest BCUT2D eigenvalue weighted by Crippen LogP contribution is 2.08. The van der Waals surface area contributed by atoms with E-state index in [0.717, 1.165) is 6.42 Å². The summed E-state index contributed by atoms with van der Waals surface area (Å²) in [5.41, 5.74) is 4.67. The first-order chi connectivity index (χ1) is 8.92. The van der Waals surface area contributed by atoms with Crippen LogP contribution in [0.2, 0.25) is 0 Å². The Hall–Kier alpha value is -0.610. The van der Waals surface area contributed by atoms with Crippen LogP contribution in [-0.4, -0.2) is 30.7 Å². The zero-order valence-electron chi connectivity index (χ0n) is 13.1. The van der Waals surface area contributed by atoms with E-state index in [1.54, 1.807) is 6.92 Å². The van der Waals surface area contributed by atoms with Gasteiger partial charge in [0.25, 0.3) is 0 Å². The molecule has 0 aliphatic heterocycles. The molecule has 114 valence electrons. The maximum Gasteiger partial charge on any atom is 0.239 e. The molecular weight excluding hydrogens is 240 g/mol. The second kappa shape index (κ2) is 10.2. The predicted octanol–water partition coefficient (Wildman–Crippen LogP) is 2.61. The molecule has 3 N–H and O–H groups in total. The van der Waals surface area contributed by atoms with Gasteiger partial charge in [0, 0.05) is 12.6 Å². The van der Waals surface area contributed by atoms with Gasteiger partial charge in [0.05, 0.1) is 6.61 Å². The summed E-state index contributed by atoms with van der Waals surface area (Å²) in [7, 11) is 0. The molecule has 0 rings (SSSR count). The second-order valence-corrected chi connectivity index (χ2v) is 5.82. The van der Waals surface area contributed by atoms with Crippen LogP contribution in [0.15, 0.2) is 0 Å². The lowest BCUT2D eigenvalue weighted by Crippen LogP contribution is -2.58. The van der Waals surface area contributed by atoms with Crippen LogP contribution in [0.4, 0.5) is 0 Å². The Labute approximate surface area is 118 Å². The molecule has 0 radical (unpaired) electrons. The number of unbranched alkanes of at least 4 members (excludes halogenated alkanes) is 5. The number of primary amides is 1. The monoisotopic (exact) mass is 272 g/mol. The predicted molar refractivity (Wildman–Crippen MR) is 80.1 cm³/mol. The Morgan fingerprint density at radius 2 is 1.79 bits per heavy atom. The minimum absolute atomic E-state index is 0.204. The molecule has 1 unspecified atom stereocenters. The average molecular weight is 272 g/mol. The second-order valence-electron chi connectivity index (χ2n) is 5.82. The lowest BCUT2D eigenvalue weighted by molar-refractivity contribution is -0.126. The third-order valence-electron chi connectivity index (χ3n) is 3.18. The first kappa shape index (κ1) is 18.4. The first-order valence-corrected chi connectivity index (χ1v) is 7.57. The van der Waals surface area contributed by atoms with Crippen molar-refractivity contribution < 1.29 is 9.53 Å². The van der Waals surface area contributed by atoms with E-state index < -0.39 is 5.54 Å². The molecule has 0 aliphatic rings. The van der Waals surface area contributed by atoms with Crippen LogP contribution in [0, 0.1) is 0 Å². The zero-order valence-corrected chi connectivity index (χ0v) is 13.1. The molecule has 4 heteroatoms. The van der Waals surface area contributed by atoms with Crippen molar-refractivity contribution in [1.29, 1.82) is 0 Å². The van der Waals surface area contributed by atoms with Crippen molar-refractivity contribution in [3.8, 4) is 0 Å². The standard InChI is InChI=1S/C15H32N2O2/c1-5-6-7-8-9-10-11-19-12-15(4,14(16)18)17-13(2)3/h13,17H,5-12H2,1-4H3,(H2,16,18). The normalized spacial score (nSPS) is 14.6. The Bertz CT molecular complexity index is 244. The summed E-state index contributed by atoms with van der Waals surface area (Å²) in [6.07, 6.45) is 7.43. The summed E-state index contributed by atoms with van der Waals surface area (Å²) in [4.78, 5) is 11.5. The van der Waals surface area contributed by atoms with Gasteiger partial charge in [-0.05, 0) is 27.2 Å². The molecule has 19 heavy (non-hydrogen) atoms. The van der Waals surface area contributed by atoms with E-state index in [2.05, 4.69) is 12.2 Å². The highest BCUT2D eigenvalue weighted by molar-refractivity contribution is 5.84. The van der Waals surface area contributed by atoms with Gasteiger partial charge in [-0.25, -0.2) is 0 Å². The maximum atomic E-state index is 11.5. The van der Waals surface area contributed by atoms with Crippen molar-refractivity contribution >= 4 is 5.91 Å². The highest BCUT2D eigenvalue weighted by Gasteiger charge is 2.31. The minimum Gasteiger partial charge on any atom is -0.379 e. The van der Waals surface area contributed by atoms with Crippen molar-refractivity contribution in [3.63, 3.8) is 0 Å². The van der Waals surface area contributed by atoms with Gasteiger partial charge in [0.2, 0.25) is 5.91 Å². The summed E-state index contributed by atoms with van der Waals surface area (Å²) in [6, 6.07) is 0.204. The number of carbonyl (C=O) groups is 1. The molecule has 0 saturated heterocycles. The van der Waals surface area contributed by atoms with E-state index in [1.807, 2.05) is 13.8 Å². The third-order valence-corrected chi connectivity index (χ3v) is 3.18. The number of hydrogen-bond acceptors (Lipinski definition) is 3. The summed E-state index contributed by atoms with van der Waals surface area (Å²) >= 11 is 0. The van der Waals surface area contributed by atoms with E-state index in [-0.39, 0.29) is 11.9 Å². The molecule has 0 saturated carbocycles. The van der Waals surface area contributed by atoms with Crippen LogP contribution in [-0.2, 0) is 9.53 Å². The van der Waals surface area contributed by atoms with Gasteiger partial charge in [-0.15, -0.1) is 0 Å². The molecule has 1 atom stereocenters. The van der Waals surface area contributed by atoms with Crippen LogP contribution in [0.1, 0.15) is 66.2 Å². The number of carbonyl (C=O) groups excluding carboxylic acids is 1. The molecule has 0 aliphatic carbocycles. The van der Waals surface area contributed by atoms with Crippen LogP contribution < -0.4 is 11.1 Å². The van der Waals surface area contributed by atoms with Gasteiger partial charge in [-0.1, -0.05) is 39.0 Å². The molecule has 0 aromatic rings. The number of rotatable bonds is 12. The average Bonchev–Trinajstić information content (AvgIpc) is 2.31. The van der Waals surface area contributed by atoms with Gasteiger partial charge in [-0.2, -0.15) is 0 Å². The number of amides is 1. The summed E-state index contributed by atoms with van der Waals surface area (Å²) in [6.45, 7) is 9.06. The molecule has 0 heterocycles. The third kappa shape index (κ3) is 9.00. The Kier molecular flexibility index (Phi) is 9.88. The SMILES string of the molecule is CCCCCCCCOCC(C)(NC(C)C)C(N)=O. The smallest absolute Gasteiger partial charge is 0.239 e. The van der Waals surface area contributed by atoms with Crippen molar-refractivity contribution in [2.45, 2.75) is 77.8 Å². The van der Waals surface area contributed by atoms with Gasteiger partial charge < -0.3 is 10.5 Å². The maximum absolute atomic E-state index is 11.5. The highest BCUT2D eigenvalue weighted by atomic mass is 16.5. The fourth-order valence-corrected chi connectivity index (χ4v) is 2.08. The van der Waals surface area contributed by atoms with Gasteiger partial charge in [-0.3, -0.25) is 10.1 Å². The molecule has 0 aromatic heterocycles. The topological polar surface area (TPSA) is 64.3 Å². The number of nitrogens with one attached hydrogen (secondary N) is 1. The largest absolute Gasteiger partial charge is 0.379 e. The lowest BCUT2D eigenvalue weighted by Gasteiger charge is -2.29. The zero-order chi connectivity index (χ0) is 14.7. The fourth-order valence-electron chi connectivity index (χ4n) is 2.08. The molecule has 0 spiro atoms. The summed E-state index contributed by atoms with van der Waals surface area (Å²) in [5.74, 6) is -0.357. The van der Waals surface area contributed by atoms with Crippen molar-refractivity contribution in [2.75, 3.05) is 13.2 Å². The summed E-state index contributed by atoms with van der Waals surface area (Å²) in [5, 5.41) is 3.17. The van der Waals surface area contributed by atoms with Crippen molar-refractivity contribution in [2.24, 2.45) is 5.73 Å². The Morgan fingerprint density at radius 1 is 1.21 bits per heavy atom. The molecular formula is C15H32N2O2. The molecule has 0 fully saturated rings. The van der Waals surface area contributed by atoms with Crippen molar-refractivity contribution in [1.82, 2.24) is 5.32 Å². The molecule has 1 amide bonds. The minimum atomic E-state index is -0.767. The van der Waals surface area contributed by atoms with E-state index in [1.165, 1.54) is 32.1 Å². The fraction of sp³-hybridized carbons (Fsp3) is 0.933. The van der Waals surface area contributed by atoms with Gasteiger partial charge >= 0.3 is 0 Å². The van der Waals surface area contributed by atoms with Gasteiger partial charge in [0.1, 0.15) is 5.54 Å². The van der Waals surface area contributed by atoms with E-state index in [4.69, 9.17) is 10.5 Å². The molecule has 4 nitrogen and oxygen atoms in total. The van der Waals surface area contributed by atoms with Crippen LogP contribution in [0.5, 0.6) is 0 Å². The van der Waals surface area contributed by atoms with Crippen LogP contribution >= 0.6 is 0 Å². The van der Waals surface area contributed by atoms with Crippen molar-refractivity contribution in [3.05, 3.63) is 0 Å². The van der Waals surface area contributed by atoms with E-state index >= 15 is 0 Å².